The number of imide groups is 1. The number of hydrogen-bond acceptors (Lipinski definition) is 6. The van der Waals surface area contributed by atoms with Crippen LogP contribution in [0.5, 0.6) is 11.5 Å². The molecule has 1 saturated heterocycles. The van der Waals surface area contributed by atoms with Gasteiger partial charge in [0.15, 0.2) is 11.5 Å². The summed E-state index contributed by atoms with van der Waals surface area (Å²) in [5.74, 6) is -0.0188. The molecule has 0 bridgehead atoms. The summed E-state index contributed by atoms with van der Waals surface area (Å²) in [6, 6.07) is 10.2. The molecule has 0 aromatic heterocycles. The van der Waals surface area contributed by atoms with Crippen LogP contribution in [0, 0.1) is 3.57 Å². The highest BCUT2D eigenvalue weighted by Gasteiger charge is 2.36. The molecule has 0 unspecified atom stereocenters. The van der Waals surface area contributed by atoms with Crippen molar-refractivity contribution in [3.8, 4) is 11.5 Å². The van der Waals surface area contributed by atoms with E-state index >= 15 is 0 Å². The van der Waals surface area contributed by atoms with E-state index < -0.39 is 23.6 Å². The van der Waals surface area contributed by atoms with Gasteiger partial charge in [-0.05, 0) is 70.3 Å². The van der Waals surface area contributed by atoms with Crippen molar-refractivity contribution in [3.63, 3.8) is 0 Å². The van der Waals surface area contributed by atoms with Gasteiger partial charge in [-0.15, -0.1) is 0 Å². The number of carbonyl (C=O) groups is 3. The van der Waals surface area contributed by atoms with Crippen molar-refractivity contribution in [3.05, 3.63) is 68.1 Å². The molecule has 1 heterocycles. The molecule has 10 heteroatoms. The molecule has 166 valence electrons. The number of anilines is 1. The number of nitrogens with one attached hydrogen (secondary N) is 1. The van der Waals surface area contributed by atoms with E-state index in [1.54, 1.807) is 48.6 Å². The highest BCUT2D eigenvalue weighted by Crippen LogP contribution is 2.37. The monoisotopic (exact) mass is 584 g/mol. The van der Waals surface area contributed by atoms with Crippen molar-refractivity contribution in [1.82, 2.24) is 4.90 Å². The van der Waals surface area contributed by atoms with Crippen molar-refractivity contribution in [2.24, 2.45) is 0 Å². The van der Waals surface area contributed by atoms with Gasteiger partial charge in [0.25, 0.3) is 11.1 Å². The summed E-state index contributed by atoms with van der Waals surface area (Å²) in [6.07, 6.45) is 3.21. The summed E-state index contributed by atoms with van der Waals surface area (Å²) in [6.45, 7) is 3.53. The van der Waals surface area contributed by atoms with E-state index in [9.17, 15) is 14.4 Å². The maximum Gasteiger partial charge on any atom is 0.294 e. The molecule has 0 saturated carbocycles. The summed E-state index contributed by atoms with van der Waals surface area (Å²) in [5, 5.41) is 2.44. The molecule has 0 aliphatic carbocycles. The van der Waals surface area contributed by atoms with Gasteiger partial charge in [-0.25, -0.2) is 0 Å². The first-order chi connectivity index (χ1) is 15.3. The number of hydrogen-bond donors (Lipinski definition) is 1. The first-order valence-corrected chi connectivity index (χ1v) is 11.5. The fourth-order valence-corrected chi connectivity index (χ4v) is 4.59. The van der Waals surface area contributed by atoms with E-state index in [1.807, 2.05) is 0 Å². The fraction of sp³-hybridized carbons (Fsp3) is 0.136. The second-order valence-electron chi connectivity index (χ2n) is 6.43. The van der Waals surface area contributed by atoms with Crippen LogP contribution in [-0.4, -0.2) is 42.2 Å². The van der Waals surface area contributed by atoms with Crippen molar-refractivity contribution < 1.29 is 23.9 Å². The number of para-hydroxylation sites is 1. The summed E-state index contributed by atoms with van der Waals surface area (Å²) in [7, 11) is 1.52. The minimum atomic E-state index is -0.546. The topological polar surface area (TPSA) is 84.9 Å². The molecule has 3 amide bonds. The molecule has 32 heavy (non-hydrogen) atoms. The Hall–Kier alpha value is -2.50. The minimum absolute atomic E-state index is 0.207. The quantitative estimate of drug-likeness (QED) is 0.261. The molecule has 0 spiro atoms. The van der Waals surface area contributed by atoms with Gasteiger partial charge in [-0.3, -0.25) is 19.3 Å². The number of ether oxygens (including phenoxy) is 2. The van der Waals surface area contributed by atoms with Crippen molar-refractivity contribution in [2.75, 3.05) is 25.6 Å². The first-order valence-electron chi connectivity index (χ1n) is 9.25. The number of carbonyl (C=O) groups excluding carboxylic acids is 3. The Bertz CT molecular complexity index is 1120. The molecule has 7 nitrogen and oxygen atoms in total. The third kappa shape index (κ3) is 5.64. The molecule has 1 N–H and O–H groups in total. The van der Waals surface area contributed by atoms with E-state index in [2.05, 4.69) is 34.5 Å². The van der Waals surface area contributed by atoms with Crippen LogP contribution < -0.4 is 14.8 Å². The summed E-state index contributed by atoms with van der Waals surface area (Å²) < 4.78 is 11.8. The number of halogens is 2. The SMILES string of the molecule is C=CCOc1c(I)cc(/C=C2\SC(=O)N(CC(=O)Nc3ccccc3Cl)C2=O)cc1OC. The van der Waals surface area contributed by atoms with Gasteiger partial charge in [0, 0.05) is 0 Å². The lowest BCUT2D eigenvalue weighted by molar-refractivity contribution is -0.127. The summed E-state index contributed by atoms with van der Waals surface area (Å²) in [4.78, 5) is 38.6. The summed E-state index contributed by atoms with van der Waals surface area (Å²) >= 11 is 8.90. The Morgan fingerprint density at radius 2 is 2.06 bits per heavy atom. The van der Waals surface area contributed by atoms with Crippen molar-refractivity contribution in [2.45, 2.75) is 0 Å². The van der Waals surface area contributed by atoms with Crippen molar-refractivity contribution >= 4 is 74.8 Å². The lowest BCUT2D eigenvalue weighted by Crippen LogP contribution is -2.36. The molecule has 1 fully saturated rings. The van der Waals surface area contributed by atoms with E-state index in [0.29, 0.717) is 34.4 Å². The van der Waals surface area contributed by atoms with Crippen LogP contribution in [0.2, 0.25) is 5.02 Å². The van der Waals surface area contributed by atoms with E-state index in [-0.39, 0.29) is 4.91 Å². The van der Waals surface area contributed by atoms with E-state index in [1.165, 1.54) is 7.11 Å². The van der Waals surface area contributed by atoms with E-state index in [0.717, 1.165) is 20.2 Å². The van der Waals surface area contributed by atoms with Crippen LogP contribution in [0.3, 0.4) is 0 Å². The lowest BCUT2D eigenvalue weighted by atomic mass is 10.2. The smallest absolute Gasteiger partial charge is 0.294 e. The molecule has 2 aromatic carbocycles. The number of methoxy groups -OCH3 is 1. The number of rotatable bonds is 8. The molecule has 1 aliphatic rings. The molecular weight excluding hydrogens is 567 g/mol. The zero-order valence-corrected chi connectivity index (χ0v) is 20.6. The zero-order chi connectivity index (χ0) is 23.3. The predicted octanol–water partition coefficient (Wildman–Crippen LogP) is 5.19. The number of amides is 3. The van der Waals surface area contributed by atoms with Crippen LogP contribution in [-0.2, 0) is 9.59 Å². The van der Waals surface area contributed by atoms with E-state index in [4.69, 9.17) is 21.1 Å². The van der Waals surface area contributed by atoms with Crippen LogP contribution in [0.25, 0.3) is 6.08 Å². The second-order valence-corrected chi connectivity index (χ2v) is 8.99. The van der Waals surface area contributed by atoms with Crippen LogP contribution in [0.4, 0.5) is 10.5 Å². The lowest BCUT2D eigenvalue weighted by Gasteiger charge is -2.13. The van der Waals surface area contributed by atoms with Gasteiger partial charge < -0.3 is 14.8 Å². The Morgan fingerprint density at radius 3 is 2.75 bits per heavy atom. The molecule has 0 atom stereocenters. The average molecular weight is 585 g/mol. The summed E-state index contributed by atoms with van der Waals surface area (Å²) in [5.41, 5.74) is 1.06. The molecule has 2 aromatic rings. The van der Waals surface area contributed by atoms with Gasteiger partial charge in [0.05, 0.1) is 26.3 Å². The minimum Gasteiger partial charge on any atom is -0.493 e. The number of thioether (sulfide) groups is 1. The number of nitrogens with zero attached hydrogens (tertiary/aromatic N) is 1. The van der Waals surface area contributed by atoms with Gasteiger partial charge in [-0.2, -0.15) is 0 Å². The first kappa shape index (κ1) is 24.1. The van der Waals surface area contributed by atoms with Crippen LogP contribution >= 0.6 is 46.0 Å². The molecular formula is C22H18ClIN2O5S. The highest BCUT2D eigenvalue weighted by molar-refractivity contribution is 14.1. The Morgan fingerprint density at radius 1 is 1.31 bits per heavy atom. The largest absolute Gasteiger partial charge is 0.493 e. The predicted molar refractivity (Wildman–Crippen MR) is 134 cm³/mol. The maximum absolute atomic E-state index is 12.8. The zero-order valence-electron chi connectivity index (χ0n) is 16.9. The molecule has 0 radical (unpaired) electrons. The van der Waals surface area contributed by atoms with Crippen molar-refractivity contribution in [1.29, 1.82) is 0 Å². The van der Waals surface area contributed by atoms with Crippen LogP contribution in [0.15, 0.2) is 54.0 Å². The Labute approximate surface area is 207 Å². The average Bonchev–Trinajstić information content (AvgIpc) is 3.01. The molecule has 1 aliphatic heterocycles. The van der Waals surface area contributed by atoms with Gasteiger partial charge >= 0.3 is 0 Å². The van der Waals surface area contributed by atoms with Gasteiger partial charge in [0.1, 0.15) is 13.2 Å². The van der Waals surface area contributed by atoms with Gasteiger partial charge in [-0.1, -0.05) is 36.4 Å². The maximum atomic E-state index is 12.8. The normalized spacial score (nSPS) is 14.6. The highest BCUT2D eigenvalue weighted by atomic mass is 127. The van der Waals surface area contributed by atoms with Gasteiger partial charge in [0.2, 0.25) is 5.91 Å². The Balaban J connectivity index is 1.76. The second kappa shape index (κ2) is 10.9. The standard InChI is InChI=1S/C22H18ClIN2O5S/c1-3-8-31-20-15(24)9-13(10-17(20)30-2)11-18-21(28)26(22(29)32-18)12-19(27)25-16-7-5-4-6-14(16)23/h3-7,9-11H,1,8,12H2,2H3,(H,25,27)/b18-11-. The fourth-order valence-electron chi connectivity index (χ4n) is 2.79. The Kier molecular flexibility index (Phi) is 8.21. The van der Waals surface area contributed by atoms with Crippen LogP contribution in [0.1, 0.15) is 5.56 Å². The third-order valence-corrected chi connectivity index (χ3v) is 6.26. The number of benzene rings is 2. The molecule has 3 rings (SSSR count). The third-order valence-electron chi connectivity index (χ3n) is 4.22.